The minimum atomic E-state index is -0.593. The topological polar surface area (TPSA) is 22.1 Å². The first-order valence-electron chi connectivity index (χ1n) is 4.15. The molecule has 2 aromatic rings. The molecule has 0 saturated carbocycles. The molecule has 0 fully saturated rings. The molecule has 0 aliphatic rings. The highest BCUT2D eigenvalue weighted by atomic mass is 32.1. The molecule has 2 nitrogen and oxygen atoms in total. The van der Waals surface area contributed by atoms with E-state index in [-0.39, 0.29) is 11.3 Å². The summed E-state index contributed by atoms with van der Waals surface area (Å²) in [7, 11) is 1.29. The van der Waals surface area contributed by atoms with Gasteiger partial charge in [-0.25, -0.2) is 13.8 Å². The van der Waals surface area contributed by atoms with E-state index in [0.717, 1.165) is 12.1 Å². The van der Waals surface area contributed by atoms with Gasteiger partial charge in [0.25, 0.3) is 0 Å². The van der Waals surface area contributed by atoms with Crippen LogP contribution in [0, 0.1) is 11.6 Å². The summed E-state index contributed by atoms with van der Waals surface area (Å²) in [6, 6.07) is 2.11. The number of halogens is 2. The van der Waals surface area contributed by atoms with E-state index in [1.807, 2.05) is 0 Å². The summed E-state index contributed by atoms with van der Waals surface area (Å²) in [5, 5.41) is 2.16. The van der Waals surface area contributed by atoms with Gasteiger partial charge in [-0.1, -0.05) is 0 Å². The van der Waals surface area contributed by atoms with Gasteiger partial charge in [-0.2, -0.15) is 0 Å². The quantitative estimate of drug-likeness (QED) is 0.786. The molecule has 2 rings (SSSR count). The third-order valence-corrected chi connectivity index (χ3v) is 2.71. The lowest BCUT2D eigenvalue weighted by molar-refractivity contribution is 0.383. The van der Waals surface area contributed by atoms with Crippen molar-refractivity contribution >= 4 is 11.3 Å². The summed E-state index contributed by atoms with van der Waals surface area (Å²) in [5.41, 5.74) is 0.156. The zero-order valence-electron chi connectivity index (χ0n) is 7.83. The van der Waals surface area contributed by atoms with Crippen molar-refractivity contribution in [2.75, 3.05) is 7.11 Å². The van der Waals surface area contributed by atoms with Gasteiger partial charge in [0.2, 0.25) is 0 Å². The number of methoxy groups -OCH3 is 1. The van der Waals surface area contributed by atoms with Crippen LogP contribution in [0.5, 0.6) is 5.75 Å². The van der Waals surface area contributed by atoms with Crippen molar-refractivity contribution in [3.8, 4) is 16.3 Å². The standard InChI is InChI=1S/C10H7F2NOS/c1-14-9-5-7(11)6(4-8(9)12)10-13-2-3-15-10/h2-5H,1H3. The van der Waals surface area contributed by atoms with E-state index in [0.29, 0.717) is 5.01 Å². The molecule has 78 valence electrons. The summed E-state index contributed by atoms with van der Waals surface area (Å²) in [6.07, 6.45) is 1.54. The average molecular weight is 227 g/mol. The molecule has 1 heterocycles. The Labute approximate surface area is 89.2 Å². The average Bonchev–Trinajstić information content (AvgIpc) is 2.74. The predicted molar refractivity (Wildman–Crippen MR) is 54.0 cm³/mol. The fourth-order valence-corrected chi connectivity index (χ4v) is 1.86. The molecule has 0 amide bonds. The molecule has 1 aromatic carbocycles. The van der Waals surface area contributed by atoms with Crippen molar-refractivity contribution in [2.24, 2.45) is 0 Å². The van der Waals surface area contributed by atoms with E-state index in [1.165, 1.54) is 18.4 Å². The van der Waals surface area contributed by atoms with Crippen LogP contribution in [0.2, 0.25) is 0 Å². The molecule has 5 heteroatoms. The number of aromatic nitrogens is 1. The molecular weight excluding hydrogens is 220 g/mol. The SMILES string of the molecule is COc1cc(F)c(-c2nccs2)cc1F. The second-order valence-electron chi connectivity index (χ2n) is 2.80. The first-order valence-corrected chi connectivity index (χ1v) is 5.03. The van der Waals surface area contributed by atoms with Gasteiger partial charge < -0.3 is 4.74 Å². The molecular formula is C10H7F2NOS. The van der Waals surface area contributed by atoms with Gasteiger partial charge in [0.1, 0.15) is 10.8 Å². The van der Waals surface area contributed by atoms with E-state index in [2.05, 4.69) is 9.72 Å². The van der Waals surface area contributed by atoms with E-state index < -0.39 is 11.6 Å². The van der Waals surface area contributed by atoms with Gasteiger partial charge in [0.15, 0.2) is 11.6 Å². The Morgan fingerprint density at radius 2 is 2.07 bits per heavy atom. The minimum absolute atomic E-state index is 0.104. The second-order valence-corrected chi connectivity index (χ2v) is 3.70. The number of rotatable bonds is 2. The molecule has 0 spiro atoms. The summed E-state index contributed by atoms with van der Waals surface area (Å²) in [4.78, 5) is 3.91. The van der Waals surface area contributed by atoms with Gasteiger partial charge in [-0.3, -0.25) is 0 Å². The Hall–Kier alpha value is -1.49. The molecule has 0 radical (unpaired) electrons. The van der Waals surface area contributed by atoms with Crippen LogP contribution in [0.1, 0.15) is 0 Å². The Morgan fingerprint density at radius 1 is 1.27 bits per heavy atom. The number of hydrogen-bond acceptors (Lipinski definition) is 3. The van der Waals surface area contributed by atoms with Crippen molar-refractivity contribution in [2.45, 2.75) is 0 Å². The van der Waals surface area contributed by atoms with Crippen LogP contribution in [-0.2, 0) is 0 Å². The number of ether oxygens (including phenoxy) is 1. The van der Waals surface area contributed by atoms with E-state index >= 15 is 0 Å². The Balaban J connectivity index is 2.55. The number of hydrogen-bond donors (Lipinski definition) is 0. The van der Waals surface area contributed by atoms with Gasteiger partial charge in [0, 0.05) is 23.2 Å². The molecule has 0 bridgehead atoms. The highest BCUT2D eigenvalue weighted by molar-refractivity contribution is 7.13. The first-order chi connectivity index (χ1) is 7.22. The molecule has 0 unspecified atom stereocenters. The fraction of sp³-hybridized carbons (Fsp3) is 0.100. The van der Waals surface area contributed by atoms with Crippen LogP contribution in [-0.4, -0.2) is 12.1 Å². The number of thiazole rings is 1. The van der Waals surface area contributed by atoms with Crippen LogP contribution >= 0.6 is 11.3 Å². The van der Waals surface area contributed by atoms with Crippen LogP contribution in [0.4, 0.5) is 8.78 Å². The van der Waals surface area contributed by atoms with E-state index in [9.17, 15) is 8.78 Å². The Morgan fingerprint density at radius 3 is 2.67 bits per heavy atom. The lowest BCUT2D eigenvalue weighted by atomic mass is 10.2. The molecule has 0 saturated heterocycles. The zero-order valence-corrected chi connectivity index (χ0v) is 8.65. The molecule has 0 aliphatic heterocycles. The van der Waals surface area contributed by atoms with Crippen LogP contribution in [0.15, 0.2) is 23.7 Å². The van der Waals surface area contributed by atoms with Gasteiger partial charge >= 0.3 is 0 Å². The van der Waals surface area contributed by atoms with Crippen LogP contribution in [0.3, 0.4) is 0 Å². The number of benzene rings is 1. The molecule has 1 aromatic heterocycles. The van der Waals surface area contributed by atoms with E-state index in [1.54, 1.807) is 11.6 Å². The highest BCUT2D eigenvalue weighted by Crippen LogP contribution is 2.29. The lowest BCUT2D eigenvalue weighted by Crippen LogP contribution is -1.92. The Kier molecular flexibility index (Phi) is 2.64. The maximum absolute atomic E-state index is 13.5. The smallest absolute Gasteiger partial charge is 0.165 e. The van der Waals surface area contributed by atoms with Crippen molar-refractivity contribution in [1.29, 1.82) is 0 Å². The molecule has 0 N–H and O–H groups in total. The monoisotopic (exact) mass is 227 g/mol. The van der Waals surface area contributed by atoms with Crippen LogP contribution in [0.25, 0.3) is 10.6 Å². The highest BCUT2D eigenvalue weighted by Gasteiger charge is 2.13. The molecule has 15 heavy (non-hydrogen) atoms. The van der Waals surface area contributed by atoms with Crippen molar-refractivity contribution in [3.63, 3.8) is 0 Å². The third-order valence-electron chi connectivity index (χ3n) is 1.90. The maximum atomic E-state index is 13.5. The first kappa shape index (κ1) is 10.0. The Bertz CT molecular complexity index is 471. The summed E-state index contributed by atoms with van der Waals surface area (Å²) in [5.74, 6) is -1.24. The summed E-state index contributed by atoms with van der Waals surface area (Å²) in [6.45, 7) is 0. The lowest BCUT2D eigenvalue weighted by Gasteiger charge is -2.04. The fourth-order valence-electron chi connectivity index (χ4n) is 1.21. The normalized spacial score (nSPS) is 10.3. The van der Waals surface area contributed by atoms with Gasteiger partial charge in [-0.15, -0.1) is 11.3 Å². The van der Waals surface area contributed by atoms with Crippen molar-refractivity contribution in [1.82, 2.24) is 4.98 Å². The third kappa shape index (κ3) is 1.83. The minimum Gasteiger partial charge on any atom is -0.494 e. The second kappa shape index (κ2) is 3.94. The number of nitrogens with zero attached hydrogens (tertiary/aromatic N) is 1. The zero-order chi connectivity index (χ0) is 10.8. The molecule has 0 aliphatic carbocycles. The van der Waals surface area contributed by atoms with E-state index in [4.69, 9.17) is 0 Å². The molecule has 0 atom stereocenters. The summed E-state index contributed by atoms with van der Waals surface area (Å²) >= 11 is 1.25. The van der Waals surface area contributed by atoms with Crippen molar-refractivity contribution < 1.29 is 13.5 Å². The van der Waals surface area contributed by atoms with Crippen LogP contribution < -0.4 is 4.74 Å². The predicted octanol–water partition coefficient (Wildman–Crippen LogP) is 3.10. The largest absolute Gasteiger partial charge is 0.494 e. The van der Waals surface area contributed by atoms with Gasteiger partial charge in [-0.05, 0) is 6.07 Å². The van der Waals surface area contributed by atoms with Gasteiger partial charge in [0.05, 0.1) is 7.11 Å². The van der Waals surface area contributed by atoms with Crippen molar-refractivity contribution in [3.05, 3.63) is 35.3 Å². The summed E-state index contributed by atoms with van der Waals surface area (Å²) < 4.78 is 31.5. The maximum Gasteiger partial charge on any atom is 0.165 e.